The molecule has 0 atom stereocenters. The Labute approximate surface area is 121 Å². The molecule has 0 heteroatoms. The Kier molecular flexibility index (Phi) is 11.8. The monoisotopic (exact) mass is 262 g/mol. The summed E-state index contributed by atoms with van der Waals surface area (Å²) < 4.78 is 0. The van der Waals surface area contributed by atoms with Crippen molar-refractivity contribution in [3.63, 3.8) is 0 Å². The van der Waals surface area contributed by atoms with E-state index in [1.54, 1.807) is 5.57 Å². The molecule has 110 valence electrons. The van der Waals surface area contributed by atoms with E-state index in [0.29, 0.717) is 0 Å². The van der Waals surface area contributed by atoms with Gasteiger partial charge in [0.05, 0.1) is 0 Å². The Hall–Kier alpha value is -0.780. The van der Waals surface area contributed by atoms with Crippen molar-refractivity contribution >= 4 is 0 Å². The van der Waals surface area contributed by atoms with Crippen molar-refractivity contribution in [1.29, 1.82) is 0 Å². The molecular formula is C19H34. The Morgan fingerprint density at radius 1 is 0.737 bits per heavy atom. The van der Waals surface area contributed by atoms with E-state index in [2.05, 4.69) is 52.8 Å². The van der Waals surface area contributed by atoms with Gasteiger partial charge < -0.3 is 0 Å². The van der Waals surface area contributed by atoms with E-state index >= 15 is 0 Å². The summed E-state index contributed by atoms with van der Waals surface area (Å²) in [5, 5.41) is 0. The molecule has 0 heterocycles. The van der Waals surface area contributed by atoms with Crippen molar-refractivity contribution in [2.45, 2.75) is 86.0 Å². The van der Waals surface area contributed by atoms with Gasteiger partial charge in [0.1, 0.15) is 0 Å². The van der Waals surface area contributed by atoms with Crippen LogP contribution in [-0.2, 0) is 0 Å². The SMILES string of the molecule is CCCCCC/C(C)=C/C/C=C(\C)CCC=C(C)C. The number of hydrogen-bond acceptors (Lipinski definition) is 0. The minimum atomic E-state index is 1.11. The van der Waals surface area contributed by atoms with E-state index in [-0.39, 0.29) is 0 Å². The van der Waals surface area contributed by atoms with Crippen LogP contribution in [0.5, 0.6) is 0 Å². The van der Waals surface area contributed by atoms with Gasteiger partial charge in [-0.25, -0.2) is 0 Å². The van der Waals surface area contributed by atoms with Gasteiger partial charge in [-0.3, -0.25) is 0 Å². The fourth-order valence-corrected chi connectivity index (χ4v) is 2.08. The first kappa shape index (κ1) is 18.2. The van der Waals surface area contributed by atoms with Crippen molar-refractivity contribution in [1.82, 2.24) is 0 Å². The van der Waals surface area contributed by atoms with Crippen LogP contribution < -0.4 is 0 Å². The van der Waals surface area contributed by atoms with Gasteiger partial charge in [-0.15, -0.1) is 0 Å². The minimum absolute atomic E-state index is 1.11. The second kappa shape index (κ2) is 12.3. The third kappa shape index (κ3) is 13.5. The van der Waals surface area contributed by atoms with E-state index in [4.69, 9.17) is 0 Å². The van der Waals surface area contributed by atoms with Gasteiger partial charge >= 0.3 is 0 Å². The maximum Gasteiger partial charge on any atom is -0.0164 e. The molecule has 19 heavy (non-hydrogen) atoms. The highest BCUT2D eigenvalue weighted by molar-refractivity contribution is 5.07. The molecule has 0 N–H and O–H groups in total. The summed E-state index contributed by atoms with van der Waals surface area (Å²) in [6.07, 6.45) is 17.4. The summed E-state index contributed by atoms with van der Waals surface area (Å²) >= 11 is 0. The Morgan fingerprint density at radius 2 is 1.37 bits per heavy atom. The Morgan fingerprint density at radius 3 is 1.95 bits per heavy atom. The molecule has 0 rings (SSSR count). The van der Waals surface area contributed by atoms with Crippen molar-refractivity contribution in [2.24, 2.45) is 0 Å². The highest BCUT2D eigenvalue weighted by Crippen LogP contribution is 2.12. The number of hydrogen-bond donors (Lipinski definition) is 0. The number of rotatable bonds is 10. The third-order valence-electron chi connectivity index (χ3n) is 3.45. The molecular weight excluding hydrogens is 228 g/mol. The highest BCUT2D eigenvalue weighted by Gasteiger charge is 1.92. The zero-order chi connectivity index (χ0) is 14.5. The zero-order valence-corrected chi connectivity index (χ0v) is 13.9. The molecule has 0 aromatic carbocycles. The molecule has 0 aliphatic heterocycles. The molecule has 0 radical (unpaired) electrons. The zero-order valence-electron chi connectivity index (χ0n) is 13.9. The highest BCUT2D eigenvalue weighted by atomic mass is 14.0. The van der Waals surface area contributed by atoms with Gasteiger partial charge in [0, 0.05) is 0 Å². The van der Waals surface area contributed by atoms with Crippen LogP contribution >= 0.6 is 0 Å². The quantitative estimate of drug-likeness (QED) is 0.294. The lowest BCUT2D eigenvalue weighted by Crippen LogP contribution is -1.81. The van der Waals surface area contributed by atoms with Crippen LogP contribution in [0.4, 0.5) is 0 Å². The van der Waals surface area contributed by atoms with Gasteiger partial charge in [0.25, 0.3) is 0 Å². The van der Waals surface area contributed by atoms with Crippen LogP contribution in [-0.4, -0.2) is 0 Å². The smallest absolute Gasteiger partial charge is 0.0164 e. The van der Waals surface area contributed by atoms with Gasteiger partial charge in [0.15, 0.2) is 0 Å². The predicted octanol–water partition coefficient (Wildman–Crippen LogP) is 6.99. The lowest BCUT2D eigenvalue weighted by Gasteiger charge is -2.01. The van der Waals surface area contributed by atoms with Crippen LogP contribution in [0.1, 0.15) is 86.0 Å². The van der Waals surface area contributed by atoms with Crippen molar-refractivity contribution in [3.05, 3.63) is 34.9 Å². The molecule has 0 saturated heterocycles. The molecule has 0 amide bonds. The maximum absolute atomic E-state index is 2.40. The lowest BCUT2D eigenvalue weighted by molar-refractivity contribution is 0.663. The molecule has 0 unspecified atom stereocenters. The van der Waals surface area contributed by atoms with E-state index in [0.717, 1.165) is 6.42 Å². The van der Waals surface area contributed by atoms with Crippen LogP contribution in [0.2, 0.25) is 0 Å². The maximum atomic E-state index is 2.40. The summed E-state index contributed by atoms with van der Waals surface area (Å²) in [5.41, 5.74) is 4.51. The summed E-state index contributed by atoms with van der Waals surface area (Å²) in [7, 11) is 0. The first-order valence-electron chi connectivity index (χ1n) is 8.00. The first-order chi connectivity index (χ1) is 9.06. The fourth-order valence-electron chi connectivity index (χ4n) is 2.08. The summed E-state index contributed by atoms with van der Waals surface area (Å²) in [6.45, 7) is 11.1. The van der Waals surface area contributed by atoms with Crippen LogP contribution in [0, 0.1) is 0 Å². The largest absolute Gasteiger partial charge is 0.0856 e. The van der Waals surface area contributed by atoms with Crippen molar-refractivity contribution < 1.29 is 0 Å². The lowest BCUT2D eigenvalue weighted by atomic mass is 10.1. The molecule has 0 aliphatic carbocycles. The molecule has 0 aliphatic rings. The molecule has 0 aromatic rings. The Bertz CT molecular complexity index is 298. The van der Waals surface area contributed by atoms with Gasteiger partial charge in [-0.2, -0.15) is 0 Å². The van der Waals surface area contributed by atoms with Crippen molar-refractivity contribution in [3.8, 4) is 0 Å². The summed E-state index contributed by atoms with van der Waals surface area (Å²) in [4.78, 5) is 0. The van der Waals surface area contributed by atoms with E-state index in [1.165, 1.54) is 56.1 Å². The van der Waals surface area contributed by atoms with Crippen molar-refractivity contribution in [2.75, 3.05) is 0 Å². The average molecular weight is 262 g/mol. The summed E-state index contributed by atoms with van der Waals surface area (Å²) in [5.74, 6) is 0. The predicted molar refractivity (Wildman–Crippen MR) is 89.6 cm³/mol. The van der Waals surface area contributed by atoms with Crippen LogP contribution in [0.25, 0.3) is 0 Å². The molecule has 0 saturated carbocycles. The van der Waals surface area contributed by atoms with Gasteiger partial charge in [-0.1, -0.05) is 61.1 Å². The first-order valence-corrected chi connectivity index (χ1v) is 8.00. The molecule has 0 nitrogen and oxygen atoms in total. The molecule has 0 spiro atoms. The standard InChI is InChI=1S/C19H34/c1-6-7-8-9-13-18(4)15-11-16-19(5)14-10-12-17(2)3/h12,15-16H,6-11,13-14H2,1-5H3/b18-15+,19-16+. The molecule has 0 bridgehead atoms. The normalized spacial score (nSPS) is 12.7. The average Bonchev–Trinajstić information content (AvgIpc) is 2.34. The Balaban J connectivity index is 3.80. The van der Waals surface area contributed by atoms with Crippen LogP contribution in [0.15, 0.2) is 34.9 Å². The second-order valence-electron chi connectivity index (χ2n) is 5.97. The van der Waals surface area contributed by atoms with Gasteiger partial charge in [-0.05, 0) is 59.8 Å². The summed E-state index contributed by atoms with van der Waals surface area (Å²) in [6, 6.07) is 0. The topological polar surface area (TPSA) is 0 Å². The fraction of sp³-hybridized carbons (Fsp3) is 0.684. The van der Waals surface area contributed by atoms with E-state index < -0.39 is 0 Å². The van der Waals surface area contributed by atoms with E-state index in [1.807, 2.05) is 0 Å². The van der Waals surface area contributed by atoms with Gasteiger partial charge in [0.2, 0.25) is 0 Å². The van der Waals surface area contributed by atoms with Crippen LogP contribution in [0.3, 0.4) is 0 Å². The molecule has 0 fully saturated rings. The number of unbranched alkanes of at least 4 members (excludes halogenated alkanes) is 3. The molecule has 0 aromatic heterocycles. The van der Waals surface area contributed by atoms with E-state index in [9.17, 15) is 0 Å². The second-order valence-corrected chi connectivity index (χ2v) is 5.97. The minimum Gasteiger partial charge on any atom is -0.0856 e. The third-order valence-corrected chi connectivity index (χ3v) is 3.45. The number of allylic oxidation sites excluding steroid dienone is 6.